The molecule has 0 atom stereocenters. The number of hydrogen-bond acceptors (Lipinski definition) is 1. The van der Waals surface area contributed by atoms with Gasteiger partial charge in [-0.25, -0.2) is 0 Å². The number of hydrogen-bond donors (Lipinski definition) is 0. The molecule has 0 unspecified atom stereocenters. The normalized spacial score (nSPS) is 14.2. The van der Waals surface area contributed by atoms with E-state index in [9.17, 15) is 0 Å². The Balaban J connectivity index is 4.33. The first-order chi connectivity index (χ1) is 6.02. The van der Waals surface area contributed by atoms with Crippen molar-refractivity contribution in [1.82, 2.24) is 0 Å². The molecule has 14 heavy (non-hydrogen) atoms. The van der Waals surface area contributed by atoms with Crippen LogP contribution in [0.25, 0.3) is 0 Å². The Kier molecular flexibility index (Phi) is 4.17. The lowest BCUT2D eigenvalue weighted by Crippen LogP contribution is -2.42. The van der Waals surface area contributed by atoms with Gasteiger partial charge in [0, 0.05) is 12.0 Å². The van der Waals surface area contributed by atoms with Gasteiger partial charge in [0.1, 0.15) is 0 Å². The van der Waals surface area contributed by atoms with E-state index < -0.39 is 8.32 Å². The van der Waals surface area contributed by atoms with Crippen LogP contribution in [-0.4, -0.2) is 14.9 Å². The van der Waals surface area contributed by atoms with Crippen LogP contribution in [0.3, 0.4) is 0 Å². The maximum atomic E-state index is 6.12. The Bertz CT molecular complexity index is 199. The molecule has 2 heteroatoms. The first-order valence-electron chi connectivity index (χ1n) is 5.29. The Morgan fingerprint density at radius 2 is 1.57 bits per heavy atom. The Morgan fingerprint density at radius 3 is 1.86 bits per heavy atom. The van der Waals surface area contributed by atoms with Crippen LogP contribution in [0, 0.1) is 5.41 Å². The van der Waals surface area contributed by atoms with Gasteiger partial charge in [0.2, 0.25) is 0 Å². The molecule has 0 aromatic rings. The molecule has 0 rings (SSSR count). The van der Waals surface area contributed by atoms with Crippen molar-refractivity contribution in [2.75, 3.05) is 6.61 Å². The van der Waals surface area contributed by atoms with E-state index in [0.29, 0.717) is 5.04 Å². The molecule has 0 aliphatic carbocycles. The predicted molar refractivity (Wildman–Crippen MR) is 67.1 cm³/mol. The molecule has 84 valence electrons. The fourth-order valence-corrected chi connectivity index (χ4v) is 1.81. The molecule has 0 aliphatic rings. The Morgan fingerprint density at radius 1 is 1.14 bits per heavy atom. The summed E-state index contributed by atoms with van der Waals surface area (Å²) < 4.78 is 6.12. The Labute approximate surface area is 90.7 Å². The van der Waals surface area contributed by atoms with Gasteiger partial charge in [0.15, 0.2) is 8.32 Å². The van der Waals surface area contributed by atoms with Gasteiger partial charge in [-0.05, 0) is 18.1 Å². The molecule has 0 spiro atoms. The molecule has 0 aromatic carbocycles. The summed E-state index contributed by atoms with van der Waals surface area (Å²) in [4.78, 5) is 0. The highest BCUT2D eigenvalue weighted by atomic mass is 28.4. The van der Waals surface area contributed by atoms with Crippen LogP contribution in [0.4, 0.5) is 0 Å². The van der Waals surface area contributed by atoms with Crippen molar-refractivity contribution in [2.24, 2.45) is 5.41 Å². The summed E-state index contributed by atoms with van der Waals surface area (Å²) in [5.41, 5.74) is 0.0928. The monoisotopic (exact) mass is 214 g/mol. The van der Waals surface area contributed by atoms with E-state index in [0.717, 1.165) is 6.61 Å². The minimum Gasteiger partial charge on any atom is -0.416 e. The molecule has 0 radical (unpaired) electrons. The van der Waals surface area contributed by atoms with E-state index in [1.807, 2.05) is 6.08 Å². The molecule has 0 fully saturated rings. The van der Waals surface area contributed by atoms with Gasteiger partial charge in [-0.1, -0.05) is 40.7 Å². The highest BCUT2D eigenvalue weighted by Gasteiger charge is 2.38. The van der Waals surface area contributed by atoms with Gasteiger partial charge in [0.25, 0.3) is 0 Å². The van der Waals surface area contributed by atoms with Crippen LogP contribution in [-0.2, 0) is 4.43 Å². The molecule has 0 aromatic heterocycles. The standard InChI is InChI=1S/C12H26OSi/c1-9-12(5,6)10-13-14(7,8)11(2,3)4/h9H,1,10H2,2-8H3. The van der Waals surface area contributed by atoms with Crippen molar-refractivity contribution in [3.8, 4) is 0 Å². The zero-order valence-corrected chi connectivity index (χ0v) is 11.9. The predicted octanol–water partition coefficient (Wildman–Crippen LogP) is 4.22. The topological polar surface area (TPSA) is 9.23 Å². The van der Waals surface area contributed by atoms with Gasteiger partial charge >= 0.3 is 0 Å². The summed E-state index contributed by atoms with van der Waals surface area (Å²) >= 11 is 0. The molecule has 0 aliphatic heterocycles. The van der Waals surface area contributed by atoms with Crippen molar-refractivity contribution in [3.05, 3.63) is 12.7 Å². The van der Waals surface area contributed by atoms with Crippen LogP contribution in [0.1, 0.15) is 34.6 Å². The summed E-state index contributed by atoms with van der Waals surface area (Å²) in [5, 5.41) is 0.296. The summed E-state index contributed by atoms with van der Waals surface area (Å²) in [6.45, 7) is 20.3. The third-order valence-corrected chi connectivity index (χ3v) is 7.64. The van der Waals surface area contributed by atoms with E-state index in [1.165, 1.54) is 0 Å². The zero-order chi connectivity index (χ0) is 11.6. The largest absolute Gasteiger partial charge is 0.416 e. The van der Waals surface area contributed by atoms with Gasteiger partial charge in [-0.3, -0.25) is 0 Å². The van der Waals surface area contributed by atoms with Crippen molar-refractivity contribution in [3.63, 3.8) is 0 Å². The van der Waals surface area contributed by atoms with E-state index in [-0.39, 0.29) is 5.41 Å². The van der Waals surface area contributed by atoms with E-state index in [2.05, 4.69) is 54.3 Å². The first-order valence-corrected chi connectivity index (χ1v) is 8.20. The molecule has 1 nitrogen and oxygen atoms in total. The molecule has 0 saturated heterocycles. The van der Waals surface area contributed by atoms with Crippen LogP contribution < -0.4 is 0 Å². The second kappa shape index (κ2) is 4.19. The molecule has 0 N–H and O–H groups in total. The smallest absolute Gasteiger partial charge is 0.192 e. The van der Waals surface area contributed by atoms with Crippen LogP contribution >= 0.6 is 0 Å². The van der Waals surface area contributed by atoms with Gasteiger partial charge in [-0.15, -0.1) is 6.58 Å². The molecule has 0 saturated carbocycles. The quantitative estimate of drug-likeness (QED) is 0.503. The molecular weight excluding hydrogens is 188 g/mol. The van der Waals surface area contributed by atoms with Gasteiger partial charge in [0.05, 0.1) is 0 Å². The van der Waals surface area contributed by atoms with E-state index in [1.54, 1.807) is 0 Å². The zero-order valence-electron chi connectivity index (χ0n) is 10.9. The second-order valence-electron chi connectivity index (χ2n) is 6.24. The molecule has 0 amide bonds. The van der Waals surface area contributed by atoms with Crippen LogP contribution in [0.15, 0.2) is 12.7 Å². The minimum atomic E-state index is -1.58. The minimum absolute atomic E-state index is 0.0928. The van der Waals surface area contributed by atoms with Crippen molar-refractivity contribution in [2.45, 2.75) is 52.8 Å². The summed E-state index contributed by atoms with van der Waals surface area (Å²) in [7, 11) is -1.58. The average Bonchev–Trinajstić information content (AvgIpc) is 1.99. The van der Waals surface area contributed by atoms with Crippen molar-refractivity contribution >= 4 is 8.32 Å². The van der Waals surface area contributed by atoms with Gasteiger partial charge in [-0.2, -0.15) is 0 Å². The lowest BCUT2D eigenvalue weighted by molar-refractivity contribution is 0.203. The fraction of sp³-hybridized carbons (Fsp3) is 0.833. The molecular formula is C12H26OSi. The third-order valence-electron chi connectivity index (χ3n) is 3.16. The summed E-state index contributed by atoms with van der Waals surface area (Å²) in [6, 6.07) is 0. The average molecular weight is 214 g/mol. The highest BCUT2D eigenvalue weighted by Crippen LogP contribution is 2.37. The SMILES string of the molecule is C=CC(C)(C)CO[Si](C)(C)C(C)(C)C. The maximum absolute atomic E-state index is 6.12. The lowest BCUT2D eigenvalue weighted by atomic mass is 9.96. The van der Waals surface area contributed by atoms with Crippen LogP contribution in [0.5, 0.6) is 0 Å². The number of rotatable bonds is 4. The third kappa shape index (κ3) is 3.97. The van der Waals surface area contributed by atoms with Crippen LogP contribution in [0.2, 0.25) is 18.1 Å². The van der Waals surface area contributed by atoms with Crippen molar-refractivity contribution < 1.29 is 4.43 Å². The molecule has 0 heterocycles. The lowest BCUT2D eigenvalue weighted by Gasteiger charge is -2.38. The maximum Gasteiger partial charge on any atom is 0.192 e. The first kappa shape index (κ1) is 13.9. The fourth-order valence-electron chi connectivity index (χ4n) is 0.642. The van der Waals surface area contributed by atoms with E-state index in [4.69, 9.17) is 4.43 Å². The molecule has 0 bridgehead atoms. The highest BCUT2D eigenvalue weighted by molar-refractivity contribution is 6.74. The van der Waals surface area contributed by atoms with Gasteiger partial charge < -0.3 is 4.43 Å². The van der Waals surface area contributed by atoms with Crippen molar-refractivity contribution in [1.29, 1.82) is 0 Å². The summed E-state index contributed by atoms with van der Waals surface area (Å²) in [5.74, 6) is 0. The second-order valence-corrected chi connectivity index (χ2v) is 11.1. The summed E-state index contributed by atoms with van der Waals surface area (Å²) in [6.07, 6.45) is 1.97. The Hall–Kier alpha value is -0.0831. The van der Waals surface area contributed by atoms with E-state index >= 15 is 0 Å².